The Morgan fingerprint density at radius 1 is 1.39 bits per heavy atom. The second kappa shape index (κ2) is 6.99. The summed E-state index contributed by atoms with van der Waals surface area (Å²) in [5.74, 6) is 1.65. The van der Waals surface area contributed by atoms with E-state index in [1.165, 1.54) is 18.2 Å². The molecule has 102 valence electrons. The van der Waals surface area contributed by atoms with Crippen molar-refractivity contribution < 1.29 is 12.8 Å². The molecule has 0 radical (unpaired) electrons. The van der Waals surface area contributed by atoms with Crippen molar-refractivity contribution in [3.05, 3.63) is 24.0 Å². The van der Waals surface area contributed by atoms with E-state index < -0.39 is 15.7 Å². The zero-order chi connectivity index (χ0) is 13.6. The lowest BCUT2D eigenvalue weighted by Gasteiger charge is -2.08. The van der Waals surface area contributed by atoms with Crippen LogP contribution in [-0.4, -0.2) is 32.7 Å². The van der Waals surface area contributed by atoms with Gasteiger partial charge in [-0.2, -0.15) is 11.8 Å². The minimum atomic E-state index is -3.29. The van der Waals surface area contributed by atoms with Gasteiger partial charge in [0.15, 0.2) is 9.84 Å². The smallest absolute Gasteiger partial charge is 0.175 e. The summed E-state index contributed by atoms with van der Waals surface area (Å²) in [5.41, 5.74) is 0.249. The van der Waals surface area contributed by atoms with E-state index >= 15 is 0 Å². The number of hydrogen-bond donors (Lipinski definition) is 1. The van der Waals surface area contributed by atoms with Crippen LogP contribution in [0.4, 0.5) is 10.1 Å². The molecule has 0 aliphatic heterocycles. The Balaban J connectivity index is 2.65. The molecule has 0 spiro atoms. The fraction of sp³-hybridized carbons (Fsp3) is 0.500. The molecule has 0 fully saturated rings. The first-order chi connectivity index (χ1) is 8.45. The quantitative estimate of drug-likeness (QED) is 0.620. The molecule has 1 aromatic carbocycles. The summed E-state index contributed by atoms with van der Waals surface area (Å²) >= 11 is 1.83. The monoisotopic (exact) mass is 291 g/mol. The summed E-state index contributed by atoms with van der Waals surface area (Å²) < 4.78 is 36.2. The second-order valence-electron chi connectivity index (χ2n) is 3.89. The van der Waals surface area contributed by atoms with E-state index in [0.717, 1.165) is 24.2 Å². The van der Waals surface area contributed by atoms with Crippen molar-refractivity contribution >= 4 is 27.3 Å². The second-order valence-corrected chi connectivity index (χ2v) is 7.30. The van der Waals surface area contributed by atoms with E-state index in [2.05, 4.69) is 12.2 Å². The van der Waals surface area contributed by atoms with Crippen LogP contribution in [0.2, 0.25) is 0 Å². The van der Waals surface area contributed by atoms with Crippen LogP contribution in [0.5, 0.6) is 0 Å². The number of benzene rings is 1. The average Bonchev–Trinajstić information content (AvgIpc) is 2.29. The van der Waals surface area contributed by atoms with Gasteiger partial charge in [-0.05, 0) is 36.1 Å². The summed E-state index contributed by atoms with van der Waals surface area (Å²) in [7, 11) is -3.29. The molecule has 1 N–H and O–H groups in total. The predicted octanol–water partition coefficient (Wildman–Crippen LogP) is 2.78. The standard InChI is InChI=1S/C12H18FNO2S2/c1-3-17-8-4-7-14-12-9-10(18(2,15)16)5-6-11(12)13/h5-6,9,14H,3-4,7-8H2,1-2H3. The van der Waals surface area contributed by atoms with E-state index in [1.807, 2.05) is 11.8 Å². The van der Waals surface area contributed by atoms with Crippen molar-refractivity contribution in [1.29, 1.82) is 0 Å². The van der Waals surface area contributed by atoms with Crippen molar-refractivity contribution in [3.8, 4) is 0 Å². The van der Waals surface area contributed by atoms with Gasteiger partial charge in [-0.15, -0.1) is 0 Å². The van der Waals surface area contributed by atoms with Crippen molar-refractivity contribution in [3.63, 3.8) is 0 Å². The Hall–Kier alpha value is -0.750. The Morgan fingerprint density at radius 3 is 2.72 bits per heavy atom. The molecular formula is C12H18FNO2S2. The van der Waals surface area contributed by atoms with Crippen molar-refractivity contribution in [2.75, 3.05) is 29.6 Å². The molecule has 0 bridgehead atoms. The van der Waals surface area contributed by atoms with Gasteiger partial charge in [-0.25, -0.2) is 12.8 Å². The predicted molar refractivity (Wildman–Crippen MR) is 75.6 cm³/mol. The largest absolute Gasteiger partial charge is 0.383 e. The summed E-state index contributed by atoms with van der Waals surface area (Å²) in [6.45, 7) is 2.73. The number of halogens is 1. The molecule has 1 aromatic rings. The van der Waals surface area contributed by atoms with Crippen molar-refractivity contribution in [1.82, 2.24) is 0 Å². The third-order valence-electron chi connectivity index (χ3n) is 2.35. The lowest BCUT2D eigenvalue weighted by atomic mass is 10.3. The van der Waals surface area contributed by atoms with Crippen molar-refractivity contribution in [2.24, 2.45) is 0 Å². The SMILES string of the molecule is CCSCCCNc1cc(S(C)(=O)=O)ccc1F. The van der Waals surface area contributed by atoms with E-state index in [1.54, 1.807) is 0 Å². The first-order valence-electron chi connectivity index (χ1n) is 5.76. The summed E-state index contributed by atoms with van der Waals surface area (Å²) in [4.78, 5) is 0.134. The highest BCUT2D eigenvalue weighted by Crippen LogP contribution is 2.19. The van der Waals surface area contributed by atoms with Gasteiger partial charge in [-0.1, -0.05) is 6.92 Å². The molecule has 0 atom stereocenters. The van der Waals surface area contributed by atoms with Gasteiger partial charge in [0.1, 0.15) is 5.82 Å². The highest BCUT2D eigenvalue weighted by atomic mass is 32.2. The zero-order valence-corrected chi connectivity index (χ0v) is 12.2. The molecule has 0 aromatic heterocycles. The molecule has 18 heavy (non-hydrogen) atoms. The molecule has 1 rings (SSSR count). The maximum absolute atomic E-state index is 13.5. The van der Waals surface area contributed by atoms with Gasteiger partial charge >= 0.3 is 0 Å². The number of nitrogens with one attached hydrogen (secondary N) is 1. The first kappa shape index (κ1) is 15.3. The molecule has 0 aliphatic carbocycles. The molecule has 6 heteroatoms. The molecule has 0 amide bonds. The lowest BCUT2D eigenvalue weighted by Crippen LogP contribution is -2.06. The first-order valence-corrected chi connectivity index (χ1v) is 8.81. The number of thioether (sulfide) groups is 1. The molecule has 0 unspecified atom stereocenters. The normalized spacial score (nSPS) is 11.5. The van der Waals surface area contributed by atoms with Crippen LogP contribution in [0.25, 0.3) is 0 Å². The molecule has 0 saturated heterocycles. The number of hydrogen-bond acceptors (Lipinski definition) is 4. The number of rotatable bonds is 7. The highest BCUT2D eigenvalue weighted by molar-refractivity contribution is 7.99. The van der Waals surface area contributed by atoms with Gasteiger partial charge in [-0.3, -0.25) is 0 Å². The number of sulfone groups is 1. The minimum Gasteiger partial charge on any atom is -0.383 e. The van der Waals surface area contributed by atoms with Gasteiger partial charge in [0.2, 0.25) is 0 Å². The molecule has 3 nitrogen and oxygen atoms in total. The lowest BCUT2D eigenvalue weighted by molar-refractivity contribution is 0.600. The summed E-state index contributed by atoms with van der Waals surface area (Å²) in [6, 6.07) is 3.81. The maximum Gasteiger partial charge on any atom is 0.175 e. The Kier molecular flexibility index (Phi) is 5.95. The Labute approximate surface area is 112 Å². The Bertz CT molecular complexity index is 489. The third kappa shape index (κ3) is 4.86. The van der Waals surface area contributed by atoms with Gasteiger partial charge in [0, 0.05) is 12.8 Å². The topological polar surface area (TPSA) is 46.2 Å². The zero-order valence-electron chi connectivity index (χ0n) is 10.6. The van der Waals surface area contributed by atoms with Crippen LogP contribution in [0.3, 0.4) is 0 Å². The fourth-order valence-electron chi connectivity index (χ4n) is 1.41. The van der Waals surface area contributed by atoms with E-state index in [4.69, 9.17) is 0 Å². The minimum absolute atomic E-state index is 0.134. The van der Waals surface area contributed by atoms with Gasteiger partial charge in [0.25, 0.3) is 0 Å². The maximum atomic E-state index is 13.5. The molecule has 0 saturated carbocycles. The van der Waals surface area contributed by atoms with Crippen LogP contribution >= 0.6 is 11.8 Å². The highest BCUT2D eigenvalue weighted by Gasteiger charge is 2.10. The summed E-state index contributed by atoms with van der Waals surface area (Å²) in [6.07, 6.45) is 2.03. The molecule has 0 heterocycles. The number of anilines is 1. The van der Waals surface area contributed by atoms with Crippen LogP contribution < -0.4 is 5.32 Å². The fourth-order valence-corrected chi connectivity index (χ4v) is 2.70. The van der Waals surface area contributed by atoms with E-state index in [0.29, 0.717) is 6.54 Å². The Morgan fingerprint density at radius 2 is 2.11 bits per heavy atom. The van der Waals surface area contributed by atoms with Gasteiger partial charge < -0.3 is 5.32 Å². The third-order valence-corrected chi connectivity index (χ3v) is 4.45. The van der Waals surface area contributed by atoms with E-state index in [9.17, 15) is 12.8 Å². The van der Waals surface area contributed by atoms with Crippen LogP contribution in [0.15, 0.2) is 23.1 Å². The van der Waals surface area contributed by atoms with Crippen LogP contribution in [0.1, 0.15) is 13.3 Å². The van der Waals surface area contributed by atoms with E-state index in [-0.39, 0.29) is 10.6 Å². The average molecular weight is 291 g/mol. The van der Waals surface area contributed by atoms with Crippen LogP contribution in [0, 0.1) is 5.82 Å². The van der Waals surface area contributed by atoms with Gasteiger partial charge in [0.05, 0.1) is 10.6 Å². The summed E-state index contributed by atoms with van der Waals surface area (Å²) in [5, 5.41) is 2.93. The van der Waals surface area contributed by atoms with Crippen molar-refractivity contribution in [2.45, 2.75) is 18.2 Å². The molecular weight excluding hydrogens is 273 g/mol. The van der Waals surface area contributed by atoms with Crippen LogP contribution in [-0.2, 0) is 9.84 Å². The molecule has 0 aliphatic rings.